The van der Waals surface area contributed by atoms with Crippen LogP contribution < -0.4 is 5.32 Å². The average molecular weight is 364 g/mol. The molecule has 2 aromatic heterocycles. The Bertz CT molecular complexity index is 1150. The number of benzene rings is 2. The molecule has 0 spiro atoms. The minimum Gasteiger partial charge on any atom is -0.448 e. The quantitative estimate of drug-likeness (QED) is 0.582. The van der Waals surface area contributed by atoms with Crippen LogP contribution >= 0.6 is 0 Å². The fourth-order valence-electron chi connectivity index (χ4n) is 3.06. The Morgan fingerprint density at radius 3 is 2.85 bits per heavy atom. The van der Waals surface area contributed by atoms with Crippen LogP contribution in [0, 0.1) is 12.7 Å². The molecule has 0 fully saturated rings. The summed E-state index contributed by atoms with van der Waals surface area (Å²) in [5.74, 6) is -0.111. The molecule has 0 unspecified atom stereocenters. The third-order valence-electron chi connectivity index (χ3n) is 4.46. The Morgan fingerprint density at radius 2 is 2.07 bits per heavy atom. The van der Waals surface area contributed by atoms with Gasteiger partial charge in [-0.3, -0.25) is 4.79 Å². The first-order chi connectivity index (χ1) is 13.1. The predicted molar refractivity (Wildman–Crippen MR) is 100.0 cm³/mol. The highest BCUT2D eigenvalue weighted by molar-refractivity contribution is 6.06. The molecule has 4 rings (SSSR count). The van der Waals surface area contributed by atoms with Gasteiger partial charge in [-0.25, -0.2) is 4.39 Å². The number of amides is 1. The summed E-state index contributed by atoms with van der Waals surface area (Å²) in [6.07, 6.45) is 1.66. The SMILES string of the molecule is CCn1cnnc1-c1cccc(NC(=O)c2oc3c(F)cccc3c2C)c1. The molecule has 1 N–H and O–H groups in total. The fraction of sp³-hybridized carbons (Fsp3) is 0.150. The molecule has 0 saturated carbocycles. The summed E-state index contributed by atoms with van der Waals surface area (Å²) >= 11 is 0. The van der Waals surface area contributed by atoms with Gasteiger partial charge in [0.25, 0.3) is 5.91 Å². The number of hydrogen-bond acceptors (Lipinski definition) is 4. The number of hydrogen-bond donors (Lipinski definition) is 1. The summed E-state index contributed by atoms with van der Waals surface area (Å²) in [7, 11) is 0. The molecule has 7 heteroatoms. The number of aryl methyl sites for hydroxylation is 2. The van der Waals surface area contributed by atoms with Crippen LogP contribution in [0.5, 0.6) is 0 Å². The number of aromatic nitrogens is 3. The number of carbonyl (C=O) groups is 1. The zero-order chi connectivity index (χ0) is 19.0. The van der Waals surface area contributed by atoms with Gasteiger partial charge in [-0.2, -0.15) is 0 Å². The van der Waals surface area contributed by atoms with Gasteiger partial charge in [-0.15, -0.1) is 10.2 Å². The monoisotopic (exact) mass is 364 g/mol. The van der Waals surface area contributed by atoms with Gasteiger partial charge < -0.3 is 14.3 Å². The Balaban J connectivity index is 1.65. The van der Waals surface area contributed by atoms with Crippen molar-refractivity contribution in [1.82, 2.24) is 14.8 Å². The number of carbonyl (C=O) groups excluding carboxylic acids is 1. The minimum absolute atomic E-state index is 0.0879. The summed E-state index contributed by atoms with van der Waals surface area (Å²) in [5.41, 5.74) is 2.11. The van der Waals surface area contributed by atoms with E-state index in [1.165, 1.54) is 6.07 Å². The molecule has 0 saturated heterocycles. The van der Waals surface area contributed by atoms with E-state index in [9.17, 15) is 9.18 Å². The molecule has 1 amide bonds. The van der Waals surface area contributed by atoms with Crippen LogP contribution in [0.25, 0.3) is 22.4 Å². The lowest BCUT2D eigenvalue weighted by molar-refractivity contribution is 0.0997. The Kier molecular flexibility index (Phi) is 4.19. The molecular formula is C20H17FN4O2. The van der Waals surface area contributed by atoms with Crippen LogP contribution in [0.15, 0.2) is 53.2 Å². The first kappa shape index (κ1) is 17.0. The molecule has 0 atom stereocenters. The highest BCUT2D eigenvalue weighted by atomic mass is 19.1. The van der Waals surface area contributed by atoms with Crippen LogP contribution in [-0.2, 0) is 6.54 Å². The van der Waals surface area contributed by atoms with Crippen molar-refractivity contribution in [1.29, 1.82) is 0 Å². The summed E-state index contributed by atoms with van der Waals surface area (Å²) in [5, 5.41) is 11.4. The highest BCUT2D eigenvalue weighted by Gasteiger charge is 2.20. The standard InChI is InChI=1S/C20H17FN4O2/c1-3-25-11-22-24-19(25)13-6-4-7-14(10-13)23-20(26)17-12(2)15-8-5-9-16(21)18(15)27-17/h4-11H,3H2,1-2H3,(H,23,26). The number of para-hydroxylation sites is 1. The van der Waals surface area contributed by atoms with Gasteiger partial charge in [0.1, 0.15) is 6.33 Å². The maximum absolute atomic E-state index is 13.9. The van der Waals surface area contributed by atoms with E-state index in [1.807, 2.05) is 29.7 Å². The maximum atomic E-state index is 13.9. The summed E-state index contributed by atoms with van der Waals surface area (Å²) < 4.78 is 21.3. The topological polar surface area (TPSA) is 73.0 Å². The maximum Gasteiger partial charge on any atom is 0.291 e. The van der Waals surface area contributed by atoms with Crippen molar-refractivity contribution in [2.75, 3.05) is 5.32 Å². The van der Waals surface area contributed by atoms with Crippen molar-refractivity contribution in [3.63, 3.8) is 0 Å². The van der Waals surface area contributed by atoms with Crippen molar-refractivity contribution in [3.05, 3.63) is 65.9 Å². The lowest BCUT2D eigenvalue weighted by atomic mass is 10.1. The number of fused-ring (bicyclic) bond motifs is 1. The lowest BCUT2D eigenvalue weighted by Gasteiger charge is -2.07. The lowest BCUT2D eigenvalue weighted by Crippen LogP contribution is -2.12. The van der Waals surface area contributed by atoms with Crippen LogP contribution in [-0.4, -0.2) is 20.7 Å². The molecule has 0 bridgehead atoms. The molecule has 0 radical (unpaired) electrons. The molecule has 2 heterocycles. The van der Waals surface area contributed by atoms with Crippen LogP contribution in [0.1, 0.15) is 23.0 Å². The molecule has 4 aromatic rings. The van der Waals surface area contributed by atoms with E-state index in [4.69, 9.17) is 4.42 Å². The van der Waals surface area contributed by atoms with E-state index < -0.39 is 11.7 Å². The van der Waals surface area contributed by atoms with Gasteiger partial charge in [0.15, 0.2) is 23.0 Å². The normalized spacial score (nSPS) is 11.1. The molecule has 2 aromatic carbocycles. The van der Waals surface area contributed by atoms with Gasteiger partial charge >= 0.3 is 0 Å². The second-order valence-electron chi connectivity index (χ2n) is 6.15. The van der Waals surface area contributed by atoms with Gasteiger partial charge in [-0.1, -0.05) is 24.3 Å². The number of nitrogens with zero attached hydrogens (tertiary/aromatic N) is 3. The van der Waals surface area contributed by atoms with E-state index >= 15 is 0 Å². The zero-order valence-electron chi connectivity index (χ0n) is 14.9. The van der Waals surface area contributed by atoms with Gasteiger partial charge in [0, 0.05) is 28.7 Å². The number of rotatable bonds is 4. The van der Waals surface area contributed by atoms with Crippen molar-refractivity contribution < 1.29 is 13.6 Å². The summed E-state index contributed by atoms with van der Waals surface area (Å²) in [4.78, 5) is 12.7. The molecule has 136 valence electrons. The smallest absolute Gasteiger partial charge is 0.291 e. The third kappa shape index (κ3) is 2.97. The second kappa shape index (κ2) is 6.68. The van der Waals surface area contributed by atoms with Gasteiger partial charge in [0.05, 0.1) is 0 Å². The van der Waals surface area contributed by atoms with Crippen LogP contribution in [0.2, 0.25) is 0 Å². The third-order valence-corrected chi connectivity index (χ3v) is 4.46. The fourth-order valence-corrected chi connectivity index (χ4v) is 3.06. The number of furan rings is 1. The average Bonchev–Trinajstić information content (AvgIpc) is 3.28. The van der Waals surface area contributed by atoms with E-state index in [-0.39, 0.29) is 11.3 Å². The van der Waals surface area contributed by atoms with Gasteiger partial charge in [0.2, 0.25) is 0 Å². The second-order valence-corrected chi connectivity index (χ2v) is 6.15. The molecule has 27 heavy (non-hydrogen) atoms. The molecule has 0 aliphatic rings. The molecule has 6 nitrogen and oxygen atoms in total. The molecular weight excluding hydrogens is 347 g/mol. The Labute approximate surface area is 154 Å². The number of nitrogens with one attached hydrogen (secondary N) is 1. The first-order valence-corrected chi connectivity index (χ1v) is 8.55. The number of anilines is 1. The first-order valence-electron chi connectivity index (χ1n) is 8.55. The van der Waals surface area contributed by atoms with Crippen molar-refractivity contribution in [3.8, 4) is 11.4 Å². The van der Waals surface area contributed by atoms with Crippen molar-refractivity contribution in [2.24, 2.45) is 0 Å². The molecule has 0 aliphatic carbocycles. The molecule has 0 aliphatic heterocycles. The Hall–Kier alpha value is -3.48. The highest BCUT2D eigenvalue weighted by Crippen LogP contribution is 2.28. The largest absolute Gasteiger partial charge is 0.448 e. The van der Waals surface area contributed by atoms with Crippen molar-refractivity contribution in [2.45, 2.75) is 20.4 Å². The van der Waals surface area contributed by atoms with E-state index in [0.29, 0.717) is 16.6 Å². The minimum atomic E-state index is -0.490. The summed E-state index contributed by atoms with van der Waals surface area (Å²) in [6, 6.07) is 11.9. The predicted octanol–water partition coefficient (Wildman–Crippen LogP) is 4.41. The van der Waals surface area contributed by atoms with E-state index in [0.717, 1.165) is 17.9 Å². The van der Waals surface area contributed by atoms with Crippen LogP contribution in [0.3, 0.4) is 0 Å². The van der Waals surface area contributed by atoms with Gasteiger partial charge in [-0.05, 0) is 32.0 Å². The van der Waals surface area contributed by atoms with E-state index in [1.54, 1.807) is 31.5 Å². The number of halogens is 1. The Morgan fingerprint density at radius 1 is 1.26 bits per heavy atom. The summed E-state index contributed by atoms with van der Waals surface area (Å²) in [6.45, 7) is 4.48. The zero-order valence-corrected chi connectivity index (χ0v) is 14.9. The van der Waals surface area contributed by atoms with Crippen LogP contribution in [0.4, 0.5) is 10.1 Å². The van der Waals surface area contributed by atoms with Crippen molar-refractivity contribution >= 4 is 22.6 Å². The van der Waals surface area contributed by atoms with E-state index in [2.05, 4.69) is 15.5 Å².